The van der Waals surface area contributed by atoms with Crippen molar-refractivity contribution in [2.45, 2.75) is 25.9 Å². The Labute approximate surface area is 82.2 Å². The van der Waals surface area contributed by atoms with E-state index in [0.29, 0.717) is 17.0 Å². The summed E-state index contributed by atoms with van der Waals surface area (Å²) in [6.45, 7) is 1.97. The van der Waals surface area contributed by atoms with Gasteiger partial charge in [0.25, 0.3) is 0 Å². The molecular weight excluding hydrogens is 191 g/mol. The zero-order valence-corrected chi connectivity index (χ0v) is 8.18. The molecule has 1 atom stereocenters. The second-order valence-electron chi connectivity index (χ2n) is 2.97. The Hall–Kier alpha value is -0.600. The van der Waals surface area contributed by atoms with Crippen molar-refractivity contribution in [3.8, 4) is 0 Å². The van der Waals surface area contributed by atoms with Gasteiger partial charge in [0.15, 0.2) is 0 Å². The van der Waals surface area contributed by atoms with Gasteiger partial charge in [0, 0.05) is 5.02 Å². The van der Waals surface area contributed by atoms with Crippen LogP contribution in [0.1, 0.15) is 31.4 Å². The molecule has 0 saturated carbocycles. The summed E-state index contributed by atoms with van der Waals surface area (Å²) in [4.78, 5) is 0. The molecule has 3 heteroatoms. The molecule has 1 unspecified atom stereocenters. The van der Waals surface area contributed by atoms with E-state index in [1.54, 1.807) is 0 Å². The highest BCUT2D eigenvalue weighted by atomic mass is 35.5. The number of aliphatic hydroxyl groups is 1. The van der Waals surface area contributed by atoms with Gasteiger partial charge in [-0.1, -0.05) is 31.0 Å². The molecule has 0 radical (unpaired) electrons. The molecule has 0 heterocycles. The number of rotatable bonds is 3. The zero-order chi connectivity index (χ0) is 9.84. The van der Waals surface area contributed by atoms with Crippen LogP contribution in [0.25, 0.3) is 0 Å². The van der Waals surface area contributed by atoms with Crippen LogP contribution in [0.3, 0.4) is 0 Å². The highest BCUT2D eigenvalue weighted by Crippen LogP contribution is 2.26. The summed E-state index contributed by atoms with van der Waals surface area (Å²) >= 11 is 5.76. The highest BCUT2D eigenvalue weighted by Gasteiger charge is 2.10. The third-order valence-corrected chi connectivity index (χ3v) is 2.21. The molecule has 0 aliphatic carbocycles. The maximum absolute atomic E-state index is 12.6. The van der Waals surface area contributed by atoms with Gasteiger partial charge in [0.1, 0.15) is 5.82 Å². The molecule has 0 spiro atoms. The Morgan fingerprint density at radius 2 is 2.23 bits per heavy atom. The van der Waals surface area contributed by atoms with Crippen LogP contribution in [0, 0.1) is 5.82 Å². The van der Waals surface area contributed by atoms with Gasteiger partial charge in [0.05, 0.1) is 6.10 Å². The fraction of sp³-hybridized carbons (Fsp3) is 0.400. The number of benzene rings is 1. The second kappa shape index (κ2) is 4.58. The van der Waals surface area contributed by atoms with Crippen LogP contribution in [0.4, 0.5) is 4.39 Å². The lowest BCUT2D eigenvalue weighted by atomic mass is 10.1. The van der Waals surface area contributed by atoms with Crippen molar-refractivity contribution in [1.29, 1.82) is 0 Å². The van der Waals surface area contributed by atoms with Crippen LogP contribution < -0.4 is 0 Å². The van der Waals surface area contributed by atoms with Gasteiger partial charge in [-0.25, -0.2) is 4.39 Å². The number of hydrogen-bond acceptors (Lipinski definition) is 1. The summed E-state index contributed by atoms with van der Waals surface area (Å²) in [5.41, 5.74) is 0.602. The molecule has 0 aliphatic heterocycles. The number of halogens is 2. The minimum Gasteiger partial charge on any atom is -0.388 e. The molecule has 0 aromatic heterocycles. The molecular formula is C10H12ClFO. The van der Waals surface area contributed by atoms with Crippen LogP contribution in [0.15, 0.2) is 18.2 Å². The van der Waals surface area contributed by atoms with Crippen molar-refractivity contribution in [1.82, 2.24) is 0 Å². The first kappa shape index (κ1) is 10.5. The lowest BCUT2D eigenvalue weighted by Gasteiger charge is -2.10. The van der Waals surface area contributed by atoms with Crippen molar-refractivity contribution in [2.75, 3.05) is 0 Å². The SMILES string of the molecule is CCCC(O)c1ccc(F)cc1Cl. The third-order valence-electron chi connectivity index (χ3n) is 1.88. The maximum atomic E-state index is 12.6. The van der Waals surface area contributed by atoms with Crippen molar-refractivity contribution in [3.05, 3.63) is 34.6 Å². The molecule has 0 bridgehead atoms. The van der Waals surface area contributed by atoms with E-state index in [1.807, 2.05) is 6.92 Å². The maximum Gasteiger partial charge on any atom is 0.124 e. The zero-order valence-electron chi connectivity index (χ0n) is 7.43. The summed E-state index contributed by atoms with van der Waals surface area (Å²) in [5, 5.41) is 9.88. The van der Waals surface area contributed by atoms with E-state index in [-0.39, 0.29) is 5.82 Å². The second-order valence-corrected chi connectivity index (χ2v) is 3.38. The van der Waals surface area contributed by atoms with Gasteiger partial charge in [-0.05, 0) is 24.1 Å². The van der Waals surface area contributed by atoms with Crippen molar-refractivity contribution in [2.24, 2.45) is 0 Å². The molecule has 1 N–H and O–H groups in total. The summed E-state index contributed by atoms with van der Waals surface area (Å²) < 4.78 is 12.6. The average molecular weight is 203 g/mol. The summed E-state index contributed by atoms with van der Waals surface area (Å²) in [6, 6.07) is 4.05. The number of hydrogen-bond donors (Lipinski definition) is 1. The Bertz CT molecular complexity index is 288. The van der Waals surface area contributed by atoms with Crippen LogP contribution in [0.2, 0.25) is 5.02 Å². The molecule has 1 rings (SSSR count). The van der Waals surface area contributed by atoms with Crippen molar-refractivity contribution < 1.29 is 9.50 Å². The molecule has 0 fully saturated rings. The summed E-state index contributed by atoms with van der Waals surface area (Å²) in [6.07, 6.45) is 0.929. The fourth-order valence-corrected chi connectivity index (χ4v) is 1.49. The van der Waals surface area contributed by atoms with Crippen LogP contribution >= 0.6 is 11.6 Å². The topological polar surface area (TPSA) is 20.2 Å². The predicted molar refractivity (Wildman–Crippen MR) is 51.3 cm³/mol. The van der Waals surface area contributed by atoms with Gasteiger partial charge in [-0.2, -0.15) is 0 Å². The molecule has 72 valence electrons. The van der Waals surface area contributed by atoms with Gasteiger partial charge in [-0.15, -0.1) is 0 Å². The van der Waals surface area contributed by atoms with E-state index >= 15 is 0 Å². The van der Waals surface area contributed by atoms with E-state index in [0.717, 1.165) is 6.42 Å². The molecule has 0 amide bonds. The quantitative estimate of drug-likeness (QED) is 0.798. The standard InChI is InChI=1S/C10H12ClFO/c1-2-3-10(13)8-5-4-7(12)6-9(8)11/h4-6,10,13H,2-3H2,1H3. The van der Waals surface area contributed by atoms with Crippen LogP contribution in [-0.4, -0.2) is 5.11 Å². The minimum absolute atomic E-state index is 0.293. The van der Waals surface area contributed by atoms with Gasteiger partial charge in [-0.3, -0.25) is 0 Å². The van der Waals surface area contributed by atoms with Gasteiger partial charge >= 0.3 is 0 Å². The van der Waals surface area contributed by atoms with E-state index in [9.17, 15) is 9.50 Å². The Morgan fingerprint density at radius 1 is 1.54 bits per heavy atom. The lowest BCUT2D eigenvalue weighted by Crippen LogP contribution is -1.97. The predicted octanol–water partition coefficient (Wildman–Crippen LogP) is 3.31. The summed E-state index contributed by atoms with van der Waals surface area (Å²) in [5.74, 6) is -0.377. The van der Waals surface area contributed by atoms with E-state index in [4.69, 9.17) is 11.6 Å². The van der Waals surface area contributed by atoms with E-state index in [2.05, 4.69) is 0 Å². The first-order chi connectivity index (χ1) is 6.15. The normalized spacial score (nSPS) is 12.9. The van der Waals surface area contributed by atoms with Gasteiger partial charge < -0.3 is 5.11 Å². The van der Waals surface area contributed by atoms with Gasteiger partial charge in [0.2, 0.25) is 0 Å². The molecule has 0 aliphatic rings. The average Bonchev–Trinajstić information content (AvgIpc) is 2.04. The number of aliphatic hydroxyl groups excluding tert-OH is 1. The Balaban J connectivity index is 2.88. The van der Waals surface area contributed by atoms with E-state index in [1.165, 1.54) is 18.2 Å². The molecule has 0 saturated heterocycles. The molecule has 1 aromatic carbocycles. The van der Waals surface area contributed by atoms with Crippen molar-refractivity contribution in [3.63, 3.8) is 0 Å². The largest absolute Gasteiger partial charge is 0.388 e. The smallest absolute Gasteiger partial charge is 0.124 e. The van der Waals surface area contributed by atoms with Crippen LogP contribution in [-0.2, 0) is 0 Å². The minimum atomic E-state index is -0.585. The van der Waals surface area contributed by atoms with Crippen LogP contribution in [0.5, 0.6) is 0 Å². The molecule has 1 aromatic rings. The molecule has 13 heavy (non-hydrogen) atoms. The monoisotopic (exact) mass is 202 g/mol. The third kappa shape index (κ3) is 2.68. The molecule has 1 nitrogen and oxygen atoms in total. The first-order valence-electron chi connectivity index (χ1n) is 4.28. The first-order valence-corrected chi connectivity index (χ1v) is 4.66. The highest BCUT2D eigenvalue weighted by molar-refractivity contribution is 6.31. The van der Waals surface area contributed by atoms with Crippen molar-refractivity contribution >= 4 is 11.6 Å². The summed E-state index contributed by atoms with van der Waals surface area (Å²) in [7, 11) is 0. The fourth-order valence-electron chi connectivity index (χ4n) is 1.20. The Kier molecular flexibility index (Phi) is 3.70. The van der Waals surface area contributed by atoms with E-state index < -0.39 is 6.10 Å². The lowest BCUT2D eigenvalue weighted by molar-refractivity contribution is 0.166. The Morgan fingerprint density at radius 3 is 2.77 bits per heavy atom.